The highest BCUT2D eigenvalue weighted by atomic mass is 31.2. The minimum Gasteiger partial charge on any atom is -0.462 e. The summed E-state index contributed by atoms with van der Waals surface area (Å²) in [6.07, 6.45) is 28.9. The average molecular weight is 923 g/mol. The molecule has 0 aromatic carbocycles. The molecule has 18 heteroatoms. The van der Waals surface area contributed by atoms with Crippen LogP contribution in [0, 0.1) is 11.8 Å². The molecule has 0 aliphatic heterocycles. The third-order valence-electron chi connectivity index (χ3n) is 9.94. The van der Waals surface area contributed by atoms with Gasteiger partial charge < -0.3 is 44.6 Å². The Bertz CT molecular complexity index is 1440. The minimum atomic E-state index is -4.90. The number of carbonyl (C=O) groups is 2. The maximum absolute atomic E-state index is 12.8. The molecule has 1 aliphatic carbocycles. The molecule has 0 amide bonds. The molecule has 7 N–H and O–H groups in total. The number of hydrogen-bond acceptors (Lipinski definition) is 13. The molecule has 0 aromatic heterocycles. The smallest absolute Gasteiger partial charge is 0.462 e. The second kappa shape index (κ2) is 35.0. The maximum Gasteiger partial charge on any atom is 0.472 e. The van der Waals surface area contributed by atoms with Gasteiger partial charge in [-0.1, -0.05) is 107 Å². The van der Waals surface area contributed by atoms with Crippen molar-refractivity contribution in [2.75, 3.05) is 26.4 Å². The third-order valence-corrected chi connectivity index (χ3v) is 11.4. The summed E-state index contributed by atoms with van der Waals surface area (Å²) in [5.74, 6) is -1.80. The van der Waals surface area contributed by atoms with Gasteiger partial charge in [-0.15, -0.1) is 0 Å². The van der Waals surface area contributed by atoms with Crippen molar-refractivity contribution < 1.29 is 76.9 Å². The van der Waals surface area contributed by atoms with Crippen molar-refractivity contribution in [2.24, 2.45) is 11.8 Å². The van der Waals surface area contributed by atoms with E-state index in [1.165, 1.54) is 19.3 Å². The predicted molar refractivity (Wildman–Crippen MR) is 236 cm³/mol. The second-order valence-electron chi connectivity index (χ2n) is 15.6. The fourth-order valence-electron chi connectivity index (χ4n) is 6.46. The number of aliphatic hydroxyl groups excluding tert-OH is 4. The Morgan fingerprint density at radius 3 is 1.89 bits per heavy atom. The van der Waals surface area contributed by atoms with Crippen molar-refractivity contribution in [3.8, 4) is 0 Å². The molecule has 1 rings (SSSR count). The second-order valence-corrected chi connectivity index (χ2v) is 18.3. The van der Waals surface area contributed by atoms with Gasteiger partial charge in [0.2, 0.25) is 0 Å². The lowest BCUT2D eigenvalue weighted by Gasteiger charge is -2.20. The molecule has 0 spiro atoms. The molecule has 16 nitrogen and oxygen atoms in total. The zero-order chi connectivity index (χ0) is 46.1. The lowest BCUT2D eigenvalue weighted by molar-refractivity contribution is -0.161. The first-order valence-electron chi connectivity index (χ1n) is 22.2. The van der Waals surface area contributed by atoms with Gasteiger partial charge in [-0.05, 0) is 76.5 Å². The van der Waals surface area contributed by atoms with Gasteiger partial charge in [-0.3, -0.25) is 23.2 Å². The van der Waals surface area contributed by atoms with Crippen molar-refractivity contribution in [1.82, 2.24) is 0 Å². The summed E-state index contributed by atoms with van der Waals surface area (Å²) in [6.45, 7) is 1.29. The van der Waals surface area contributed by atoms with Crippen molar-refractivity contribution in [3.63, 3.8) is 0 Å². The van der Waals surface area contributed by atoms with E-state index >= 15 is 0 Å². The van der Waals surface area contributed by atoms with Crippen LogP contribution >= 0.6 is 15.6 Å². The summed E-state index contributed by atoms with van der Waals surface area (Å²) in [5.41, 5.74) is 0. The van der Waals surface area contributed by atoms with E-state index in [0.717, 1.165) is 51.4 Å². The molecule has 62 heavy (non-hydrogen) atoms. The molecule has 1 aliphatic rings. The Balaban J connectivity index is 2.62. The lowest BCUT2D eigenvalue weighted by Crippen LogP contribution is -2.29. The summed E-state index contributed by atoms with van der Waals surface area (Å²) in [5, 5.41) is 41.1. The summed E-state index contributed by atoms with van der Waals surface area (Å²) in [7, 11) is -9.79. The molecule has 0 bridgehead atoms. The van der Waals surface area contributed by atoms with Crippen LogP contribution < -0.4 is 0 Å². The van der Waals surface area contributed by atoms with Gasteiger partial charge in [0.1, 0.15) is 12.7 Å². The number of esters is 2. The third kappa shape index (κ3) is 31.5. The molecule has 0 aromatic rings. The van der Waals surface area contributed by atoms with Crippen molar-refractivity contribution >= 4 is 27.6 Å². The van der Waals surface area contributed by atoms with Gasteiger partial charge in [-0.25, -0.2) is 9.13 Å². The number of ether oxygens (including phenoxy) is 2. The topological polar surface area (TPSA) is 256 Å². The van der Waals surface area contributed by atoms with E-state index in [1.807, 2.05) is 12.2 Å². The van der Waals surface area contributed by atoms with E-state index in [1.54, 1.807) is 12.2 Å². The van der Waals surface area contributed by atoms with Crippen LogP contribution in [0.2, 0.25) is 0 Å². The van der Waals surface area contributed by atoms with Crippen LogP contribution in [0.25, 0.3) is 0 Å². The van der Waals surface area contributed by atoms with Gasteiger partial charge in [0, 0.05) is 25.2 Å². The minimum absolute atomic E-state index is 0.0562. The van der Waals surface area contributed by atoms with Crippen LogP contribution in [-0.2, 0) is 41.8 Å². The SMILES string of the molecule is CCCCC/C=C\C/C=C\C/C=C\CCCCC(=O)OC[C@H](COP(=O)(O)OC[C@@H](O)COP(=O)(O)O)OC(=O)CCC/C=C/C[C@@H]1[C@@H](/C=C/[C@@H](O)CCCCC)[C@H](O)C[C@@H]1O. The van der Waals surface area contributed by atoms with Crippen LogP contribution in [0.15, 0.2) is 60.8 Å². The fraction of sp³-hybridized carbons (Fsp3) is 0.727. The van der Waals surface area contributed by atoms with Crippen LogP contribution in [0.5, 0.6) is 0 Å². The summed E-state index contributed by atoms with van der Waals surface area (Å²) < 4.78 is 47.7. The van der Waals surface area contributed by atoms with E-state index < -0.39 is 84.5 Å². The number of carbonyl (C=O) groups excluding carboxylic acids is 2. The van der Waals surface area contributed by atoms with Crippen LogP contribution in [0.3, 0.4) is 0 Å². The highest BCUT2D eigenvalue weighted by Gasteiger charge is 2.39. The standard InChI is InChI=1S/C44H76O16P2/c1-3-5-7-8-9-10-11-12-13-14-15-16-17-18-23-27-43(49)56-34-38(35-59-62(54,55)58-33-37(46)32-57-61(51,52)53)60-44(50)28-24-20-19-22-26-39-40(42(48)31-41(39)47)30-29-36(45)25-21-6-4-2/h9-10,12-13,15-16,19,22,29-30,36-42,45-48H,3-8,11,14,17-18,20-21,23-28,31-35H2,1-2H3,(H,54,55)(H2,51,52,53)/b10-9-,13-12-,16-15-,22-19+,30-29+/t36-,37-,38+,39+,40+,41-,42+/m0/s1. The number of aliphatic hydroxyl groups is 4. The van der Waals surface area contributed by atoms with Gasteiger partial charge in [0.15, 0.2) is 6.10 Å². The Labute approximate surface area is 369 Å². The molecule has 0 heterocycles. The van der Waals surface area contributed by atoms with E-state index in [2.05, 4.69) is 59.4 Å². The molecule has 1 fully saturated rings. The van der Waals surface area contributed by atoms with Gasteiger partial charge in [0.05, 0.1) is 38.1 Å². The lowest BCUT2D eigenvalue weighted by atomic mass is 9.89. The van der Waals surface area contributed by atoms with E-state index in [0.29, 0.717) is 32.1 Å². The van der Waals surface area contributed by atoms with Crippen molar-refractivity contribution in [1.29, 1.82) is 0 Å². The van der Waals surface area contributed by atoms with Crippen molar-refractivity contribution in [2.45, 2.75) is 166 Å². The van der Waals surface area contributed by atoms with Gasteiger partial charge in [-0.2, -0.15) is 0 Å². The molecule has 1 saturated carbocycles. The first kappa shape index (κ1) is 57.7. The highest BCUT2D eigenvalue weighted by molar-refractivity contribution is 7.47. The van der Waals surface area contributed by atoms with E-state index in [-0.39, 0.29) is 31.1 Å². The molecule has 1 unspecified atom stereocenters. The van der Waals surface area contributed by atoms with Crippen LogP contribution in [-0.4, -0.2) is 104 Å². The van der Waals surface area contributed by atoms with Crippen molar-refractivity contribution in [3.05, 3.63) is 60.8 Å². The molecular formula is C44H76O16P2. The number of allylic oxidation sites excluding steroid dienone is 8. The molecular weight excluding hydrogens is 846 g/mol. The van der Waals surface area contributed by atoms with Crippen LogP contribution in [0.1, 0.15) is 136 Å². The number of phosphoric acid groups is 2. The zero-order valence-electron chi connectivity index (χ0n) is 36.8. The Kier molecular flexibility index (Phi) is 32.6. The fourth-order valence-corrected chi connectivity index (χ4v) is 7.62. The number of unbranched alkanes of at least 4 members (excludes halogenated alkanes) is 8. The first-order valence-corrected chi connectivity index (χ1v) is 25.3. The average Bonchev–Trinajstić information content (AvgIpc) is 3.49. The summed E-state index contributed by atoms with van der Waals surface area (Å²) in [4.78, 5) is 52.9. The molecule has 0 saturated heterocycles. The molecule has 0 radical (unpaired) electrons. The molecule has 358 valence electrons. The van der Waals surface area contributed by atoms with E-state index in [9.17, 15) is 44.0 Å². The van der Waals surface area contributed by atoms with Gasteiger partial charge in [0.25, 0.3) is 0 Å². The van der Waals surface area contributed by atoms with E-state index in [4.69, 9.17) is 23.8 Å². The Morgan fingerprint density at radius 1 is 0.661 bits per heavy atom. The quantitative estimate of drug-likeness (QED) is 0.0137. The number of phosphoric ester groups is 2. The highest BCUT2D eigenvalue weighted by Crippen LogP contribution is 2.44. The largest absolute Gasteiger partial charge is 0.472 e. The maximum atomic E-state index is 12.8. The normalized spacial score (nSPS) is 21.1. The summed E-state index contributed by atoms with van der Waals surface area (Å²) in [6, 6.07) is 0. The van der Waals surface area contributed by atoms with Crippen LogP contribution in [0.4, 0.5) is 0 Å². The summed E-state index contributed by atoms with van der Waals surface area (Å²) >= 11 is 0. The number of hydrogen-bond donors (Lipinski definition) is 7. The Hall–Kier alpha value is -2.30. The molecule has 8 atom stereocenters. The predicted octanol–water partition coefficient (Wildman–Crippen LogP) is 7.61. The zero-order valence-corrected chi connectivity index (χ0v) is 38.6. The number of rotatable bonds is 37. The Morgan fingerprint density at radius 2 is 1.23 bits per heavy atom. The monoisotopic (exact) mass is 922 g/mol. The van der Waals surface area contributed by atoms with Gasteiger partial charge >= 0.3 is 27.6 Å². The first-order chi connectivity index (χ1) is 29.6.